The summed E-state index contributed by atoms with van der Waals surface area (Å²) in [5.41, 5.74) is 1.35. The maximum atomic E-state index is 5.38. The first kappa shape index (κ1) is 12.6. The van der Waals surface area contributed by atoms with Gasteiger partial charge in [-0.1, -0.05) is 26.8 Å². The van der Waals surface area contributed by atoms with Crippen LogP contribution in [0.3, 0.4) is 0 Å². The van der Waals surface area contributed by atoms with Gasteiger partial charge in [0, 0.05) is 6.20 Å². The molecule has 0 saturated heterocycles. The van der Waals surface area contributed by atoms with E-state index >= 15 is 0 Å². The molecule has 4 nitrogen and oxygen atoms in total. The van der Waals surface area contributed by atoms with Crippen molar-refractivity contribution in [3.63, 3.8) is 0 Å². The minimum absolute atomic E-state index is 0.130. The molecule has 2 rings (SSSR count). The lowest BCUT2D eigenvalue weighted by molar-refractivity contribution is 0.479. The molecule has 96 valence electrons. The number of anilines is 1. The number of nitrogens with one attached hydrogen (secondary N) is 1. The van der Waals surface area contributed by atoms with Crippen molar-refractivity contribution >= 4 is 5.82 Å². The average Bonchev–Trinajstić information content (AvgIpc) is 2.72. The molecule has 0 fully saturated rings. The van der Waals surface area contributed by atoms with Gasteiger partial charge in [-0.05, 0) is 24.0 Å². The molecule has 0 radical (unpaired) electrons. The molecule has 0 atom stereocenters. The first-order valence-electron chi connectivity index (χ1n) is 6.07. The van der Waals surface area contributed by atoms with E-state index in [1.807, 2.05) is 19.2 Å². The van der Waals surface area contributed by atoms with Gasteiger partial charge in [0.2, 0.25) is 5.89 Å². The van der Waals surface area contributed by atoms with Crippen molar-refractivity contribution in [3.8, 4) is 0 Å². The van der Waals surface area contributed by atoms with Crippen molar-refractivity contribution in [2.45, 2.75) is 39.7 Å². The minimum atomic E-state index is 0.130. The maximum Gasteiger partial charge on any atom is 0.213 e. The van der Waals surface area contributed by atoms with E-state index in [1.54, 1.807) is 6.20 Å². The van der Waals surface area contributed by atoms with Gasteiger partial charge in [-0.15, -0.1) is 0 Å². The van der Waals surface area contributed by atoms with Crippen LogP contribution in [0, 0.1) is 6.92 Å². The third kappa shape index (κ3) is 3.09. The highest BCUT2D eigenvalue weighted by Gasteiger charge is 2.13. The maximum absolute atomic E-state index is 5.38. The van der Waals surface area contributed by atoms with Crippen LogP contribution >= 0.6 is 0 Å². The summed E-state index contributed by atoms with van der Waals surface area (Å²) in [7, 11) is 0. The molecule has 0 aliphatic heterocycles. The second-order valence-corrected chi connectivity index (χ2v) is 5.40. The fraction of sp³-hybridized carbons (Fsp3) is 0.429. The predicted molar refractivity (Wildman–Crippen MR) is 71.5 cm³/mol. The Hall–Kier alpha value is -1.84. The second kappa shape index (κ2) is 4.80. The van der Waals surface area contributed by atoms with E-state index in [0.29, 0.717) is 12.4 Å². The fourth-order valence-corrected chi connectivity index (χ4v) is 1.59. The molecule has 2 aromatic rings. The summed E-state index contributed by atoms with van der Waals surface area (Å²) < 4.78 is 5.38. The number of pyridine rings is 1. The number of aromatic nitrogens is 2. The lowest BCUT2D eigenvalue weighted by Crippen LogP contribution is -2.11. The van der Waals surface area contributed by atoms with Crippen LogP contribution in [0.5, 0.6) is 0 Å². The van der Waals surface area contributed by atoms with E-state index in [2.05, 4.69) is 42.1 Å². The number of hydrogen-bond donors (Lipinski definition) is 1. The van der Waals surface area contributed by atoms with Gasteiger partial charge in [-0.25, -0.2) is 9.97 Å². The summed E-state index contributed by atoms with van der Waals surface area (Å²) in [6.45, 7) is 8.95. The van der Waals surface area contributed by atoms with Crippen LogP contribution in [0.25, 0.3) is 0 Å². The van der Waals surface area contributed by atoms with Crippen LogP contribution in [0.15, 0.2) is 28.9 Å². The number of nitrogens with zero attached hydrogens (tertiary/aromatic N) is 2. The van der Waals surface area contributed by atoms with Crippen LogP contribution in [0.1, 0.15) is 38.0 Å². The molecule has 0 aromatic carbocycles. The Morgan fingerprint density at radius 1 is 1.17 bits per heavy atom. The van der Waals surface area contributed by atoms with E-state index in [1.165, 1.54) is 5.56 Å². The van der Waals surface area contributed by atoms with Crippen LogP contribution in [0.2, 0.25) is 0 Å². The Kier molecular flexibility index (Phi) is 3.36. The molecule has 0 aliphatic rings. The minimum Gasteiger partial charge on any atom is -0.444 e. The van der Waals surface area contributed by atoms with Crippen molar-refractivity contribution in [2.75, 3.05) is 5.32 Å². The van der Waals surface area contributed by atoms with Crippen LogP contribution in [-0.2, 0) is 12.0 Å². The van der Waals surface area contributed by atoms with E-state index in [0.717, 1.165) is 11.6 Å². The standard InChI is InChI=1S/C14H19N3O/c1-10-7-17-13(18-10)9-16-12-6-5-11(8-15-12)14(2,3)4/h5-8H,9H2,1-4H3,(H,15,16). The van der Waals surface area contributed by atoms with E-state index in [-0.39, 0.29) is 5.41 Å². The third-order valence-electron chi connectivity index (χ3n) is 2.72. The Morgan fingerprint density at radius 3 is 2.44 bits per heavy atom. The number of oxazole rings is 1. The van der Waals surface area contributed by atoms with Crippen LogP contribution in [-0.4, -0.2) is 9.97 Å². The van der Waals surface area contributed by atoms with E-state index < -0.39 is 0 Å². The number of hydrogen-bond acceptors (Lipinski definition) is 4. The second-order valence-electron chi connectivity index (χ2n) is 5.40. The van der Waals surface area contributed by atoms with Crippen molar-refractivity contribution in [1.82, 2.24) is 9.97 Å². The highest BCUT2D eigenvalue weighted by molar-refractivity contribution is 5.37. The first-order chi connectivity index (χ1) is 8.45. The summed E-state index contributed by atoms with van der Waals surface area (Å²) in [5, 5.41) is 3.19. The molecule has 0 amide bonds. The van der Waals surface area contributed by atoms with E-state index in [4.69, 9.17) is 4.42 Å². The molecule has 0 aliphatic carbocycles. The Morgan fingerprint density at radius 2 is 1.94 bits per heavy atom. The van der Waals surface area contributed by atoms with Gasteiger partial charge < -0.3 is 9.73 Å². The largest absolute Gasteiger partial charge is 0.444 e. The van der Waals surface area contributed by atoms with Crippen LogP contribution in [0.4, 0.5) is 5.82 Å². The quantitative estimate of drug-likeness (QED) is 0.901. The number of aryl methyl sites for hydroxylation is 1. The summed E-state index contributed by atoms with van der Waals surface area (Å²) in [5.74, 6) is 2.33. The zero-order chi connectivity index (χ0) is 13.2. The Labute approximate surface area is 107 Å². The summed E-state index contributed by atoms with van der Waals surface area (Å²) >= 11 is 0. The molecule has 0 spiro atoms. The Bertz CT molecular complexity index is 509. The zero-order valence-corrected chi connectivity index (χ0v) is 11.3. The summed E-state index contributed by atoms with van der Waals surface area (Å²) in [6, 6.07) is 4.08. The average molecular weight is 245 g/mol. The molecular weight excluding hydrogens is 226 g/mol. The molecule has 18 heavy (non-hydrogen) atoms. The molecule has 0 unspecified atom stereocenters. The molecule has 0 bridgehead atoms. The lowest BCUT2D eigenvalue weighted by Gasteiger charge is -2.18. The summed E-state index contributed by atoms with van der Waals surface area (Å²) in [4.78, 5) is 8.52. The summed E-state index contributed by atoms with van der Waals surface area (Å²) in [6.07, 6.45) is 3.62. The molecule has 0 saturated carbocycles. The highest BCUT2D eigenvalue weighted by Crippen LogP contribution is 2.21. The van der Waals surface area contributed by atoms with Gasteiger partial charge in [0.25, 0.3) is 0 Å². The van der Waals surface area contributed by atoms with Gasteiger partial charge in [0.15, 0.2) is 0 Å². The predicted octanol–water partition coefficient (Wildman–Crippen LogP) is 3.29. The lowest BCUT2D eigenvalue weighted by atomic mass is 9.88. The third-order valence-corrected chi connectivity index (χ3v) is 2.72. The van der Waals surface area contributed by atoms with Gasteiger partial charge in [-0.3, -0.25) is 0 Å². The SMILES string of the molecule is Cc1cnc(CNc2ccc(C(C)(C)C)cn2)o1. The molecule has 2 heterocycles. The highest BCUT2D eigenvalue weighted by atomic mass is 16.4. The van der Waals surface area contributed by atoms with Crippen LogP contribution < -0.4 is 5.32 Å². The van der Waals surface area contributed by atoms with Crippen molar-refractivity contribution in [3.05, 3.63) is 41.7 Å². The monoisotopic (exact) mass is 245 g/mol. The van der Waals surface area contributed by atoms with Gasteiger partial charge >= 0.3 is 0 Å². The fourth-order valence-electron chi connectivity index (χ4n) is 1.59. The number of rotatable bonds is 3. The molecule has 4 heteroatoms. The normalized spacial score (nSPS) is 11.6. The van der Waals surface area contributed by atoms with Gasteiger partial charge in [0.05, 0.1) is 12.7 Å². The van der Waals surface area contributed by atoms with Gasteiger partial charge in [-0.2, -0.15) is 0 Å². The topological polar surface area (TPSA) is 51.0 Å². The van der Waals surface area contributed by atoms with Gasteiger partial charge in [0.1, 0.15) is 11.6 Å². The smallest absolute Gasteiger partial charge is 0.213 e. The van der Waals surface area contributed by atoms with Crippen molar-refractivity contribution < 1.29 is 4.42 Å². The zero-order valence-electron chi connectivity index (χ0n) is 11.3. The first-order valence-corrected chi connectivity index (χ1v) is 6.07. The molecule has 2 aromatic heterocycles. The Balaban J connectivity index is 1.98. The molecule has 1 N–H and O–H groups in total. The van der Waals surface area contributed by atoms with E-state index in [9.17, 15) is 0 Å². The van der Waals surface area contributed by atoms with Crippen molar-refractivity contribution in [2.24, 2.45) is 0 Å². The van der Waals surface area contributed by atoms with Crippen molar-refractivity contribution in [1.29, 1.82) is 0 Å². The molecular formula is C14H19N3O.